The van der Waals surface area contributed by atoms with Crippen LogP contribution in [0.4, 0.5) is 26.3 Å². The van der Waals surface area contributed by atoms with Crippen molar-refractivity contribution in [3.8, 4) is 0 Å². The summed E-state index contributed by atoms with van der Waals surface area (Å²) in [6, 6.07) is 0. The molecule has 0 saturated heterocycles. The van der Waals surface area contributed by atoms with E-state index in [-0.39, 0.29) is 6.42 Å². The van der Waals surface area contributed by atoms with Crippen LogP contribution in [-0.4, -0.2) is 35.6 Å². The van der Waals surface area contributed by atoms with Gasteiger partial charge in [0, 0.05) is 0 Å². The van der Waals surface area contributed by atoms with E-state index in [9.17, 15) is 31.1 Å². The fourth-order valence-corrected chi connectivity index (χ4v) is 1.54. The number of carbonyl (C=O) groups is 1. The van der Waals surface area contributed by atoms with Gasteiger partial charge in [-0.25, -0.2) is 4.79 Å². The first-order valence-corrected chi connectivity index (χ1v) is 6.51. The topological polar surface area (TPSA) is 46.5 Å². The van der Waals surface area contributed by atoms with Crippen molar-refractivity contribution in [2.75, 3.05) is 6.61 Å². The number of alkyl halides is 6. The predicted molar refractivity (Wildman–Crippen MR) is 61.4 cm³/mol. The third-order valence-electron chi connectivity index (χ3n) is 2.85. The smallest absolute Gasteiger partial charge is 0.437 e. The number of aliphatic hydroxyl groups is 1. The van der Waals surface area contributed by atoms with Gasteiger partial charge >= 0.3 is 23.9 Å². The summed E-state index contributed by atoms with van der Waals surface area (Å²) in [5.74, 6) is -2.74. The Morgan fingerprint density at radius 3 is 1.76 bits per heavy atom. The maximum Gasteiger partial charge on any atom is 0.437 e. The van der Waals surface area contributed by atoms with Crippen LogP contribution in [-0.2, 0) is 9.53 Å². The Bertz CT molecular complexity index is 310. The van der Waals surface area contributed by atoms with Gasteiger partial charge in [-0.15, -0.1) is 0 Å². The number of ether oxygens (including phenoxy) is 1. The molecule has 0 rings (SSSR count). The second-order valence-electron chi connectivity index (χ2n) is 4.61. The summed E-state index contributed by atoms with van der Waals surface area (Å²) < 4.78 is 77.7. The molecule has 21 heavy (non-hydrogen) atoms. The number of rotatable bonds is 8. The minimum Gasteiger partial charge on any atom is -0.463 e. The second-order valence-corrected chi connectivity index (χ2v) is 4.61. The first-order chi connectivity index (χ1) is 9.48. The summed E-state index contributed by atoms with van der Waals surface area (Å²) in [6.07, 6.45) is -8.13. The zero-order valence-corrected chi connectivity index (χ0v) is 11.5. The molecule has 3 nitrogen and oxygen atoms in total. The summed E-state index contributed by atoms with van der Waals surface area (Å²) in [6.45, 7) is 1.39. The van der Waals surface area contributed by atoms with Gasteiger partial charge in [0.25, 0.3) is 0 Å². The van der Waals surface area contributed by atoms with E-state index in [1.165, 1.54) is 0 Å². The minimum absolute atomic E-state index is 0.140. The van der Waals surface area contributed by atoms with Gasteiger partial charge in [-0.3, -0.25) is 0 Å². The molecular weight excluding hydrogens is 306 g/mol. The van der Waals surface area contributed by atoms with Gasteiger partial charge in [0.15, 0.2) is 0 Å². The molecule has 0 amide bonds. The van der Waals surface area contributed by atoms with Gasteiger partial charge in [-0.05, 0) is 6.42 Å². The van der Waals surface area contributed by atoms with Crippen LogP contribution in [0, 0.1) is 0 Å². The third kappa shape index (κ3) is 5.37. The summed E-state index contributed by atoms with van der Waals surface area (Å²) >= 11 is 0. The SMILES string of the molecule is CCCCCCCCOC(=O)C(O)(C(F)(F)F)C(F)(F)F. The number of halogens is 6. The molecule has 1 N–H and O–H groups in total. The maximum absolute atomic E-state index is 12.3. The van der Waals surface area contributed by atoms with Crippen molar-refractivity contribution >= 4 is 5.97 Å². The molecule has 0 fully saturated rings. The lowest BCUT2D eigenvalue weighted by Gasteiger charge is -2.29. The molecule has 9 heteroatoms. The number of esters is 1. The number of carbonyl (C=O) groups excluding carboxylic acids is 1. The molecule has 0 radical (unpaired) electrons. The van der Waals surface area contributed by atoms with Gasteiger partial charge in [0.05, 0.1) is 6.61 Å². The summed E-state index contributed by atoms with van der Waals surface area (Å²) in [7, 11) is 0. The van der Waals surface area contributed by atoms with Crippen LogP contribution in [0.2, 0.25) is 0 Å². The average Bonchev–Trinajstić information content (AvgIpc) is 2.33. The van der Waals surface area contributed by atoms with Gasteiger partial charge < -0.3 is 9.84 Å². The first kappa shape index (κ1) is 20.0. The Hall–Kier alpha value is -0.990. The number of hydrogen-bond donors (Lipinski definition) is 1. The second kappa shape index (κ2) is 7.86. The van der Waals surface area contributed by atoms with E-state index in [0.717, 1.165) is 25.7 Å². The third-order valence-corrected chi connectivity index (χ3v) is 2.85. The highest BCUT2D eigenvalue weighted by Crippen LogP contribution is 2.43. The Balaban J connectivity index is 4.41. The lowest BCUT2D eigenvalue weighted by atomic mass is 10.0. The average molecular weight is 324 g/mol. The highest BCUT2D eigenvalue weighted by Gasteiger charge is 2.76. The monoisotopic (exact) mass is 324 g/mol. The largest absolute Gasteiger partial charge is 0.463 e. The number of hydrogen-bond acceptors (Lipinski definition) is 3. The van der Waals surface area contributed by atoms with Crippen LogP contribution in [0.3, 0.4) is 0 Å². The molecule has 0 aromatic carbocycles. The molecule has 0 aromatic rings. The van der Waals surface area contributed by atoms with E-state index in [1.807, 2.05) is 6.92 Å². The minimum atomic E-state index is -6.19. The predicted octanol–water partition coefficient (Wildman–Crippen LogP) is 3.75. The Kier molecular flexibility index (Phi) is 7.49. The molecule has 0 heterocycles. The first-order valence-electron chi connectivity index (χ1n) is 6.51. The lowest BCUT2D eigenvalue weighted by molar-refractivity contribution is -0.356. The van der Waals surface area contributed by atoms with Gasteiger partial charge in [-0.1, -0.05) is 39.0 Å². The van der Waals surface area contributed by atoms with Crippen molar-refractivity contribution in [1.29, 1.82) is 0 Å². The van der Waals surface area contributed by atoms with E-state index >= 15 is 0 Å². The van der Waals surface area contributed by atoms with Crippen LogP contribution in [0.25, 0.3) is 0 Å². The summed E-state index contributed by atoms with van der Waals surface area (Å²) in [5.41, 5.74) is -5.48. The molecule has 0 aliphatic heterocycles. The molecular formula is C12H18F6O3. The highest BCUT2D eigenvalue weighted by molar-refractivity contribution is 5.81. The molecule has 0 atom stereocenters. The van der Waals surface area contributed by atoms with E-state index in [4.69, 9.17) is 5.11 Å². The fourth-order valence-electron chi connectivity index (χ4n) is 1.54. The zero-order valence-electron chi connectivity index (χ0n) is 11.5. The van der Waals surface area contributed by atoms with Crippen molar-refractivity contribution < 1.29 is 41.0 Å². The molecule has 0 bridgehead atoms. The van der Waals surface area contributed by atoms with Crippen LogP contribution in [0.15, 0.2) is 0 Å². The van der Waals surface area contributed by atoms with Crippen LogP contribution < -0.4 is 0 Å². The van der Waals surface area contributed by atoms with Crippen molar-refractivity contribution in [2.24, 2.45) is 0 Å². The normalized spacial score (nSPS) is 13.3. The van der Waals surface area contributed by atoms with Crippen molar-refractivity contribution in [2.45, 2.75) is 63.4 Å². The van der Waals surface area contributed by atoms with Crippen molar-refractivity contribution in [1.82, 2.24) is 0 Å². The van der Waals surface area contributed by atoms with Crippen LogP contribution >= 0.6 is 0 Å². The Morgan fingerprint density at radius 2 is 1.33 bits per heavy atom. The summed E-state index contributed by atoms with van der Waals surface area (Å²) in [5, 5.41) is 8.70. The van der Waals surface area contributed by atoms with Crippen molar-refractivity contribution in [3.05, 3.63) is 0 Å². The van der Waals surface area contributed by atoms with Crippen molar-refractivity contribution in [3.63, 3.8) is 0 Å². The molecule has 0 saturated carbocycles. The maximum atomic E-state index is 12.3. The molecule has 0 unspecified atom stereocenters. The van der Waals surface area contributed by atoms with Gasteiger partial charge in [0.1, 0.15) is 0 Å². The molecule has 0 aliphatic carbocycles. The number of unbranched alkanes of at least 4 members (excludes halogenated alkanes) is 5. The quantitative estimate of drug-likeness (QED) is 0.420. The van der Waals surface area contributed by atoms with E-state index in [1.54, 1.807) is 0 Å². The molecule has 0 spiro atoms. The Morgan fingerprint density at radius 1 is 0.905 bits per heavy atom. The highest BCUT2D eigenvalue weighted by atomic mass is 19.4. The van der Waals surface area contributed by atoms with Gasteiger partial charge in [-0.2, -0.15) is 26.3 Å². The molecule has 0 aromatic heterocycles. The molecule has 126 valence electrons. The lowest BCUT2D eigenvalue weighted by Crippen LogP contribution is -2.63. The van der Waals surface area contributed by atoms with E-state index < -0.39 is 30.5 Å². The zero-order chi connectivity index (χ0) is 16.7. The standard InChI is InChI=1S/C12H18F6O3/c1-2-3-4-5-6-7-8-21-9(19)10(20,11(13,14)15)12(16,17)18/h20H,2-8H2,1H3. The molecule has 0 aliphatic rings. The van der Waals surface area contributed by atoms with Crippen LogP contribution in [0.5, 0.6) is 0 Å². The summed E-state index contributed by atoms with van der Waals surface area (Å²) in [4.78, 5) is 11.0. The van der Waals surface area contributed by atoms with Gasteiger partial charge in [0.2, 0.25) is 0 Å². The fraction of sp³-hybridized carbons (Fsp3) is 0.917. The van der Waals surface area contributed by atoms with E-state index in [0.29, 0.717) is 6.42 Å². The Labute approximate surface area is 118 Å². The van der Waals surface area contributed by atoms with E-state index in [2.05, 4.69) is 4.74 Å². The van der Waals surface area contributed by atoms with Crippen LogP contribution in [0.1, 0.15) is 45.4 Å².